The molecule has 0 saturated heterocycles. The van der Waals surface area contributed by atoms with Gasteiger partial charge in [-0.1, -0.05) is 17.7 Å². The first-order chi connectivity index (χ1) is 12.0. The fourth-order valence-electron chi connectivity index (χ4n) is 2.18. The summed E-state index contributed by atoms with van der Waals surface area (Å²) in [7, 11) is 3.83. The number of benzene rings is 1. The monoisotopic (exact) mass is 358 g/mol. The number of nitrogens with one attached hydrogen (secondary N) is 1. The Kier molecular flexibility index (Phi) is 6.34. The second-order valence-corrected chi connectivity index (χ2v) is 5.93. The molecule has 0 radical (unpaired) electrons. The van der Waals surface area contributed by atoms with E-state index in [1.807, 2.05) is 32.0 Å². The quantitative estimate of drug-likeness (QED) is 0.802. The van der Waals surface area contributed by atoms with Gasteiger partial charge >= 0.3 is 0 Å². The first kappa shape index (κ1) is 18.7. The maximum Gasteiger partial charge on any atom is 0.248 e. The molecule has 25 heavy (non-hydrogen) atoms. The maximum absolute atomic E-state index is 12.1. The number of aromatic nitrogens is 1. The SMILES string of the molecule is CCOc1cc2ncc(C#N)c(Cl)c2cc1NC(=O)C=CCN(C)C. The van der Waals surface area contributed by atoms with Crippen LogP contribution in [0, 0.1) is 11.3 Å². The van der Waals surface area contributed by atoms with Crippen LogP contribution >= 0.6 is 11.6 Å². The molecule has 1 aromatic carbocycles. The number of pyridine rings is 1. The van der Waals surface area contributed by atoms with Crippen LogP contribution in [0.25, 0.3) is 10.9 Å². The van der Waals surface area contributed by atoms with Crippen molar-refractivity contribution in [3.63, 3.8) is 0 Å². The molecule has 1 amide bonds. The van der Waals surface area contributed by atoms with Gasteiger partial charge in [-0.2, -0.15) is 5.26 Å². The van der Waals surface area contributed by atoms with Crippen LogP contribution in [0.5, 0.6) is 5.75 Å². The summed E-state index contributed by atoms with van der Waals surface area (Å²) in [4.78, 5) is 18.3. The van der Waals surface area contributed by atoms with E-state index < -0.39 is 0 Å². The molecule has 0 aliphatic heterocycles. The highest BCUT2D eigenvalue weighted by molar-refractivity contribution is 6.36. The largest absolute Gasteiger partial charge is 0.492 e. The standard InChI is InChI=1S/C18H19ClN4O2/c1-4-25-16-9-14-13(18(19)12(10-20)11-21-14)8-15(16)22-17(24)6-5-7-23(2)3/h5-6,8-9,11H,4,7H2,1-3H3,(H,22,24). The van der Waals surface area contributed by atoms with Gasteiger partial charge in [-0.15, -0.1) is 0 Å². The minimum Gasteiger partial charge on any atom is -0.492 e. The van der Waals surface area contributed by atoms with Crippen molar-refractivity contribution in [3.8, 4) is 11.8 Å². The van der Waals surface area contributed by atoms with Gasteiger partial charge in [0, 0.05) is 30.3 Å². The molecule has 0 bridgehead atoms. The van der Waals surface area contributed by atoms with E-state index in [2.05, 4.69) is 10.3 Å². The van der Waals surface area contributed by atoms with E-state index in [1.165, 1.54) is 12.3 Å². The summed E-state index contributed by atoms with van der Waals surface area (Å²) in [5.74, 6) is 0.223. The normalized spacial score (nSPS) is 11.0. The number of carbonyl (C=O) groups is 1. The van der Waals surface area contributed by atoms with Crippen molar-refractivity contribution in [2.45, 2.75) is 6.92 Å². The molecule has 0 unspecified atom stereocenters. The van der Waals surface area contributed by atoms with Crippen molar-refractivity contribution < 1.29 is 9.53 Å². The minimum absolute atomic E-state index is 0.275. The average molecular weight is 359 g/mol. The summed E-state index contributed by atoms with van der Waals surface area (Å²) in [6.45, 7) is 2.95. The Labute approximate surface area is 151 Å². The van der Waals surface area contributed by atoms with Crippen molar-refractivity contribution in [3.05, 3.63) is 41.1 Å². The Morgan fingerprint density at radius 1 is 1.48 bits per heavy atom. The van der Waals surface area contributed by atoms with Crippen LogP contribution in [0.15, 0.2) is 30.5 Å². The second kappa shape index (κ2) is 8.47. The van der Waals surface area contributed by atoms with Gasteiger partial charge in [0.25, 0.3) is 0 Å². The third-order valence-electron chi connectivity index (χ3n) is 3.32. The smallest absolute Gasteiger partial charge is 0.248 e. The van der Waals surface area contributed by atoms with E-state index >= 15 is 0 Å². The third kappa shape index (κ3) is 4.69. The van der Waals surface area contributed by atoms with Crippen LogP contribution in [0.2, 0.25) is 5.02 Å². The number of rotatable bonds is 6. The van der Waals surface area contributed by atoms with Gasteiger partial charge in [-0.25, -0.2) is 0 Å². The number of nitrogens with zero attached hydrogens (tertiary/aromatic N) is 3. The van der Waals surface area contributed by atoms with Crippen LogP contribution in [0.3, 0.4) is 0 Å². The molecule has 0 spiro atoms. The number of hydrogen-bond acceptors (Lipinski definition) is 5. The van der Waals surface area contributed by atoms with Gasteiger partial charge in [-0.05, 0) is 27.1 Å². The number of nitriles is 1. The number of hydrogen-bond donors (Lipinski definition) is 1. The number of likely N-dealkylation sites (N-methyl/N-ethyl adjacent to an activating group) is 1. The Hall–Kier alpha value is -2.62. The molecule has 6 nitrogen and oxygen atoms in total. The van der Waals surface area contributed by atoms with E-state index in [1.54, 1.807) is 18.2 Å². The van der Waals surface area contributed by atoms with E-state index in [0.29, 0.717) is 40.5 Å². The minimum atomic E-state index is -0.275. The topological polar surface area (TPSA) is 78.2 Å². The lowest BCUT2D eigenvalue weighted by molar-refractivity contribution is -0.111. The fraction of sp³-hybridized carbons (Fsp3) is 0.278. The molecular formula is C18H19ClN4O2. The summed E-state index contributed by atoms with van der Waals surface area (Å²) in [6.07, 6.45) is 4.65. The first-order valence-electron chi connectivity index (χ1n) is 7.73. The van der Waals surface area contributed by atoms with Crippen molar-refractivity contribution in [1.29, 1.82) is 5.26 Å². The van der Waals surface area contributed by atoms with Gasteiger partial charge in [-0.3, -0.25) is 9.78 Å². The van der Waals surface area contributed by atoms with Crippen LogP contribution in [-0.2, 0) is 4.79 Å². The molecule has 2 aromatic rings. The Morgan fingerprint density at radius 3 is 2.88 bits per heavy atom. The highest BCUT2D eigenvalue weighted by Gasteiger charge is 2.13. The van der Waals surface area contributed by atoms with Gasteiger partial charge in [0.2, 0.25) is 5.91 Å². The zero-order valence-electron chi connectivity index (χ0n) is 14.3. The molecule has 0 atom stereocenters. The maximum atomic E-state index is 12.1. The molecular weight excluding hydrogens is 340 g/mol. The lowest BCUT2D eigenvalue weighted by atomic mass is 10.1. The number of ether oxygens (including phenoxy) is 1. The Morgan fingerprint density at radius 2 is 2.24 bits per heavy atom. The molecule has 130 valence electrons. The molecule has 0 fully saturated rings. The zero-order valence-corrected chi connectivity index (χ0v) is 15.1. The second-order valence-electron chi connectivity index (χ2n) is 5.55. The number of carbonyl (C=O) groups excluding carboxylic acids is 1. The fourth-order valence-corrected chi connectivity index (χ4v) is 2.43. The van der Waals surface area contributed by atoms with Crippen molar-refractivity contribution in [2.24, 2.45) is 0 Å². The van der Waals surface area contributed by atoms with Gasteiger partial charge in [0.15, 0.2) is 0 Å². The molecule has 0 saturated carbocycles. The van der Waals surface area contributed by atoms with E-state index in [4.69, 9.17) is 21.6 Å². The van der Waals surface area contributed by atoms with Gasteiger partial charge < -0.3 is 15.0 Å². The van der Waals surface area contributed by atoms with Gasteiger partial charge in [0.05, 0.1) is 28.4 Å². The van der Waals surface area contributed by atoms with Crippen molar-refractivity contribution >= 4 is 34.1 Å². The summed E-state index contributed by atoms with van der Waals surface area (Å²) in [5.41, 5.74) is 1.35. The van der Waals surface area contributed by atoms with E-state index in [0.717, 1.165) is 0 Å². The summed E-state index contributed by atoms with van der Waals surface area (Å²) in [5, 5.41) is 12.8. The molecule has 2 rings (SSSR count). The van der Waals surface area contributed by atoms with Crippen LogP contribution in [0.1, 0.15) is 12.5 Å². The van der Waals surface area contributed by atoms with Gasteiger partial charge in [0.1, 0.15) is 11.8 Å². The zero-order chi connectivity index (χ0) is 18.4. The molecule has 7 heteroatoms. The summed E-state index contributed by atoms with van der Waals surface area (Å²) < 4.78 is 5.59. The Bertz CT molecular complexity index is 856. The molecule has 1 heterocycles. The Balaban J connectivity index is 2.40. The molecule has 0 aliphatic rings. The van der Waals surface area contributed by atoms with Crippen LogP contribution in [0.4, 0.5) is 5.69 Å². The highest BCUT2D eigenvalue weighted by atomic mass is 35.5. The number of fused-ring (bicyclic) bond motifs is 1. The summed E-state index contributed by atoms with van der Waals surface area (Å²) >= 11 is 6.26. The lowest BCUT2D eigenvalue weighted by Crippen LogP contribution is -2.13. The highest BCUT2D eigenvalue weighted by Crippen LogP contribution is 2.34. The van der Waals surface area contributed by atoms with E-state index in [-0.39, 0.29) is 11.5 Å². The van der Waals surface area contributed by atoms with E-state index in [9.17, 15) is 4.79 Å². The number of amides is 1. The third-order valence-corrected chi connectivity index (χ3v) is 3.73. The van der Waals surface area contributed by atoms with Crippen LogP contribution in [-0.4, -0.2) is 43.0 Å². The van der Waals surface area contributed by atoms with Crippen molar-refractivity contribution in [2.75, 3.05) is 32.6 Å². The lowest BCUT2D eigenvalue weighted by Gasteiger charge is -2.13. The predicted octanol–water partition coefficient (Wildman–Crippen LogP) is 3.21. The molecule has 1 N–H and O–H groups in total. The van der Waals surface area contributed by atoms with Crippen molar-refractivity contribution in [1.82, 2.24) is 9.88 Å². The average Bonchev–Trinajstić information content (AvgIpc) is 2.56. The van der Waals surface area contributed by atoms with Crippen LogP contribution < -0.4 is 10.1 Å². The molecule has 0 aliphatic carbocycles. The first-order valence-corrected chi connectivity index (χ1v) is 8.11. The number of halogens is 1. The molecule has 1 aromatic heterocycles. The number of anilines is 1. The summed E-state index contributed by atoms with van der Waals surface area (Å²) in [6, 6.07) is 5.37. The predicted molar refractivity (Wildman–Crippen MR) is 99.0 cm³/mol.